The van der Waals surface area contributed by atoms with Crippen LogP contribution < -0.4 is 5.73 Å². The van der Waals surface area contributed by atoms with Gasteiger partial charge in [-0.2, -0.15) is 5.26 Å². The minimum Gasteiger partial charge on any atom is -0.341 e. The number of likely N-dealkylation sites (N-methyl/N-ethyl adjacent to an activating group) is 1. The number of nitrogens with zero attached hydrogens (tertiary/aromatic N) is 2. The van der Waals surface area contributed by atoms with E-state index in [4.69, 9.17) is 11.0 Å². The number of nitrogens with two attached hydrogens (primary N) is 1. The molecule has 0 aromatic rings. The molecule has 1 atom stereocenters. The molecule has 0 saturated heterocycles. The van der Waals surface area contributed by atoms with E-state index in [1.165, 1.54) is 0 Å². The Morgan fingerprint density at radius 2 is 2.20 bits per heavy atom. The van der Waals surface area contributed by atoms with Crippen molar-refractivity contribution in [1.82, 2.24) is 4.90 Å². The van der Waals surface area contributed by atoms with Gasteiger partial charge in [0.25, 0.3) is 0 Å². The molecule has 0 rings (SSSR count). The molecule has 0 aliphatic rings. The van der Waals surface area contributed by atoms with Crippen molar-refractivity contribution in [1.29, 1.82) is 5.26 Å². The van der Waals surface area contributed by atoms with Crippen LogP contribution in [-0.2, 0) is 4.79 Å². The van der Waals surface area contributed by atoms with Crippen molar-refractivity contribution in [2.45, 2.75) is 45.6 Å². The van der Waals surface area contributed by atoms with Gasteiger partial charge >= 0.3 is 0 Å². The van der Waals surface area contributed by atoms with Crippen molar-refractivity contribution in [2.75, 3.05) is 13.1 Å². The summed E-state index contributed by atoms with van der Waals surface area (Å²) in [7, 11) is 0. The van der Waals surface area contributed by atoms with Crippen molar-refractivity contribution in [3.8, 4) is 6.07 Å². The quantitative estimate of drug-likeness (QED) is 0.689. The lowest BCUT2D eigenvalue weighted by molar-refractivity contribution is -0.132. The first-order valence-electron chi connectivity index (χ1n) is 5.58. The minimum absolute atomic E-state index is 0.0267. The van der Waals surface area contributed by atoms with Crippen molar-refractivity contribution >= 4 is 5.91 Å². The fourth-order valence-electron chi connectivity index (χ4n) is 1.39. The molecule has 0 spiro atoms. The Bertz CT molecular complexity index is 222. The largest absolute Gasteiger partial charge is 0.341 e. The average Bonchev–Trinajstić information content (AvgIpc) is 2.26. The predicted octanol–water partition coefficient (Wildman–Crippen LogP) is 1.27. The number of nitriles is 1. The van der Waals surface area contributed by atoms with Crippen LogP contribution in [0.25, 0.3) is 0 Å². The van der Waals surface area contributed by atoms with E-state index in [1.54, 1.807) is 4.90 Å². The molecule has 2 N–H and O–H groups in total. The van der Waals surface area contributed by atoms with Gasteiger partial charge in [-0.05, 0) is 13.3 Å². The molecule has 86 valence electrons. The van der Waals surface area contributed by atoms with Gasteiger partial charge in [-0.15, -0.1) is 0 Å². The Balaban J connectivity index is 4.07. The fourth-order valence-corrected chi connectivity index (χ4v) is 1.39. The normalized spacial score (nSPS) is 11.9. The van der Waals surface area contributed by atoms with E-state index in [0.717, 1.165) is 19.3 Å². The van der Waals surface area contributed by atoms with Gasteiger partial charge in [-0.1, -0.05) is 19.8 Å². The van der Waals surface area contributed by atoms with Crippen molar-refractivity contribution in [3.05, 3.63) is 0 Å². The standard InChI is InChI=1S/C11H21N3O/c1-3-5-7-10(13)11(15)14(4-2)9-6-8-12/h10H,3-7,9,13H2,1-2H3/t10-/m0/s1. The van der Waals surface area contributed by atoms with Gasteiger partial charge in [0, 0.05) is 13.1 Å². The van der Waals surface area contributed by atoms with E-state index in [-0.39, 0.29) is 5.91 Å². The predicted molar refractivity (Wildman–Crippen MR) is 60.0 cm³/mol. The first-order valence-corrected chi connectivity index (χ1v) is 5.58. The van der Waals surface area contributed by atoms with Gasteiger partial charge in [-0.25, -0.2) is 0 Å². The zero-order valence-corrected chi connectivity index (χ0v) is 9.70. The highest BCUT2D eigenvalue weighted by atomic mass is 16.2. The number of unbranched alkanes of at least 4 members (excludes halogenated alkanes) is 1. The Labute approximate surface area is 92.0 Å². The van der Waals surface area contributed by atoms with Crippen molar-refractivity contribution in [3.63, 3.8) is 0 Å². The molecule has 0 aliphatic carbocycles. The highest BCUT2D eigenvalue weighted by Gasteiger charge is 2.18. The summed E-state index contributed by atoms with van der Waals surface area (Å²) in [5, 5.41) is 8.45. The van der Waals surface area contributed by atoms with E-state index >= 15 is 0 Å². The monoisotopic (exact) mass is 211 g/mol. The fraction of sp³-hybridized carbons (Fsp3) is 0.818. The van der Waals surface area contributed by atoms with Gasteiger partial charge in [0.1, 0.15) is 0 Å². The van der Waals surface area contributed by atoms with Crippen LogP contribution in [0, 0.1) is 11.3 Å². The second-order valence-corrected chi connectivity index (χ2v) is 3.57. The van der Waals surface area contributed by atoms with E-state index in [0.29, 0.717) is 19.5 Å². The van der Waals surface area contributed by atoms with Crippen LogP contribution in [0.5, 0.6) is 0 Å². The number of carbonyl (C=O) groups is 1. The molecule has 0 aromatic carbocycles. The van der Waals surface area contributed by atoms with Gasteiger partial charge < -0.3 is 10.6 Å². The molecule has 0 heterocycles. The SMILES string of the molecule is CCCC[C@H](N)C(=O)N(CC)CCC#N. The third-order valence-corrected chi connectivity index (χ3v) is 2.37. The van der Waals surface area contributed by atoms with Crippen LogP contribution in [0.1, 0.15) is 39.5 Å². The van der Waals surface area contributed by atoms with E-state index in [2.05, 4.69) is 6.92 Å². The van der Waals surface area contributed by atoms with Crippen LogP contribution in [0.3, 0.4) is 0 Å². The molecule has 0 bridgehead atoms. The number of hydrogen-bond acceptors (Lipinski definition) is 3. The second kappa shape index (κ2) is 8.25. The Morgan fingerprint density at radius 3 is 2.67 bits per heavy atom. The molecule has 0 radical (unpaired) electrons. The topological polar surface area (TPSA) is 70.1 Å². The van der Waals surface area contributed by atoms with Crippen LogP contribution in [0.15, 0.2) is 0 Å². The highest BCUT2D eigenvalue weighted by molar-refractivity contribution is 5.81. The van der Waals surface area contributed by atoms with E-state index in [9.17, 15) is 4.79 Å². The third-order valence-electron chi connectivity index (χ3n) is 2.37. The number of carbonyl (C=O) groups excluding carboxylic acids is 1. The van der Waals surface area contributed by atoms with Crippen LogP contribution in [0.4, 0.5) is 0 Å². The second-order valence-electron chi connectivity index (χ2n) is 3.57. The molecule has 0 aromatic heterocycles. The zero-order valence-electron chi connectivity index (χ0n) is 9.70. The molecular formula is C11H21N3O. The molecule has 0 saturated carbocycles. The summed E-state index contributed by atoms with van der Waals surface area (Å²) in [4.78, 5) is 13.4. The molecule has 15 heavy (non-hydrogen) atoms. The molecule has 4 nitrogen and oxygen atoms in total. The lowest BCUT2D eigenvalue weighted by Gasteiger charge is -2.23. The van der Waals surface area contributed by atoms with Gasteiger partial charge in [0.05, 0.1) is 18.5 Å². The maximum Gasteiger partial charge on any atom is 0.239 e. The molecular weight excluding hydrogens is 190 g/mol. The maximum absolute atomic E-state index is 11.8. The minimum atomic E-state index is -0.399. The Kier molecular flexibility index (Phi) is 7.65. The summed E-state index contributed by atoms with van der Waals surface area (Å²) >= 11 is 0. The maximum atomic E-state index is 11.8. The number of rotatable bonds is 7. The van der Waals surface area contributed by atoms with E-state index in [1.807, 2.05) is 13.0 Å². The van der Waals surface area contributed by atoms with Crippen molar-refractivity contribution < 1.29 is 4.79 Å². The van der Waals surface area contributed by atoms with Crippen molar-refractivity contribution in [2.24, 2.45) is 5.73 Å². The van der Waals surface area contributed by atoms with Gasteiger partial charge in [-0.3, -0.25) is 4.79 Å². The van der Waals surface area contributed by atoms with Gasteiger partial charge in [0.2, 0.25) is 5.91 Å². The summed E-state index contributed by atoms with van der Waals surface area (Å²) < 4.78 is 0. The molecule has 1 amide bonds. The summed E-state index contributed by atoms with van der Waals surface area (Å²) in [6, 6.07) is 1.64. The summed E-state index contributed by atoms with van der Waals surface area (Å²) in [6.45, 7) is 5.10. The lowest BCUT2D eigenvalue weighted by Crippen LogP contribution is -2.44. The van der Waals surface area contributed by atoms with Gasteiger partial charge in [0.15, 0.2) is 0 Å². The third kappa shape index (κ3) is 5.38. The van der Waals surface area contributed by atoms with Crippen LogP contribution >= 0.6 is 0 Å². The lowest BCUT2D eigenvalue weighted by atomic mass is 10.1. The average molecular weight is 211 g/mol. The van der Waals surface area contributed by atoms with Crippen LogP contribution in [-0.4, -0.2) is 29.9 Å². The summed E-state index contributed by atoms with van der Waals surface area (Å²) in [5.74, 6) is -0.0267. The Morgan fingerprint density at radius 1 is 1.53 bits per heavy atom. The molecule has 0 unspecified atom stereocenters. The first-order chi connectivity index (χ1) is 7.17. The summed E-state index contributed by atoms with van der Waals surface area (Å²) in [6.07, 6.45) is 3.13. The molecule has 0 aliphatic heterocycles. The smallest absolute Gasteiger partial charge is 0.239 e. The molecule has 0 fully saturated rings. The summed E-state index contributed by atoms with van der Waals surface area (Å²) in [5.41, 5.74) is 5.78. The zero-order chi connectivity index (χ0) is 11.7. The Hall–Kier alpha value is -1.08. The van der Waals surface area contributed by atoms with E-state index < -0.39 is 6.04 Å². The first kappa shape index (κ1) is 13.9. The number of hydrogen-bond donors (Lipinski definition) is 1. The molecule has 4 heteroatoms. The number of amides is 1. The highest BCUT2D eigenvalue weighted by Crippen LogP contribution is 2.03. The van der Waals surface area contributed by atoms with Crippen LogP contribution in [0.2, 0.25) is 0 Å².